The Morgan fingerprint density at radius 1 is 1.16 bits per heavy atom. The van der Waals surface area contributed by atoms with Crippen molar-refractivity contribution < 1.29 is 14.4 Å². The number of carbonyl (C=O) groups excluding carboxylic acids is 3. The van der Waals surface area contributed by atoms with Crippen molar-refractivity contribution in [3.63, 3.8) is 0 Å². The van der Waals surface area contributed by atoms with Gasteiger partial charge < -0.3 is 15.5 Å². The number of nitrogens with one attached hydrogen (secondary N) is 2. The minimum Gasteiger partial charge on any atom is -0.350 e. The molecule has 0 saturated carbocycles. The molecule has 2 heterocycles. The predicted molar refractivity (Wildman–Crippen MR) is 117 cm³/mol. The topological polar surface area (TPSA) is 81.8 Å². The molecule has 0 aliphatic carbocycles. The van der Waals surface area contributed by atoms with Crippen LogP contribution in [0.5, 0.6) is 0 Å². The largest absolute Gasteiger partial charge is 0.350 e. The van der Waals surface area contributed by atoms with Gasteiger partial charge in [-0.25, -0.2) is 4.79 Å². The molecule has 0 fully saturated rings. The second-order valence-corrected chi connectivity index (χ2v) is 8.04. The molecule has 4 amide bonds. The van der Waals surface area contributed by atoms with Crippen molar-refractivity contribution in [2.45, 2.75) is 25.6 Å². The zero-order valence-electron chi connectivity index (χ0n) is 17.3. The van der Waals surface area contributed by atoms with E-state index in [4.69, 9.17) is 11.6 Å². The molecule has 31 heavy (non-hydrogen) atoms. The standard InChI is InChI=1S/C23H23ClN4O3/c1-14(21(29)25-12-15-8-4-3-5-9-15)28-13-18-19(22(28)30)20(26-23(31)27(18)2)16-10-6-7-11-17(16)24/h3-11,14,20H,12-13H2,1-2H3,(H,25,29)(H,26,31)/t14-,20-/m1/s1. The molecule has 0 bridgehead atoms. The average molecular weight is 439 g/mol. The third kappa shape index (κ3) is 3.88. The van der Waals surface area contributed by atoms with Gasteiger partial charge >= 0.3 is 6.03 Å². The van der Waals surface area contributed by atoms with E-state index in [9.17, 15) is 14.4 Å². The summed E-state index contributed by atoms with van der Waals surface area (Å²) in [5.41, 5.74) is 2.65. The number of likely N-dealkylation sites (N-methyl/N-ethyl adjacent to an activating group) is 1. The molecule has 2 atom stereocenters. The van der Waals surface area contributed by atoms with Crippen molar-refractivity contribution in [1.82, 2.24) is 20.4 Å². The fraction of sp³-hybridized carbons (Fsp3) is 0.261. The predicted octanol–water partition coefficient (Wildman–Crippen LogP) is 2.84. The summed E-state index contributed by atoms with van der Waals surface area (Å²) in [6.45, 7) is 2.25. The van der Waals surface area contributed by atoms with Crippen molar-refractivity contribution in [3.05, 3.63) is 82.0 Å². The van der Waals surface area contributed by atoms with Gasteiger partial charge in [-0.2, -0.15) is 0 Å². The van der Waals surface area contributed by atoms with Crippen LogP contribution in [0.15, 0.2) is 65.9 Å². The number of hydrogen-bond donors (Lipinski definition) is 2. The molecular formula is C23H23ClN4O3. The van der Waals surface area contributed by atoms with Crippen LogP contribution < -0.4 is 10.6 Å². The van der Waals surface area contributed by atoms with E-state index in [2.05, 4.69) is 10.6 Å². The maximum atomic E-state index is 13.4. The highest BCUT2D eigenvalue weighted by Crippen LogP contribution is 2.38. The van der Waals surface area contributed by atoms with E-state index in [-0.39, 0.29) is 24.4 Å². The molecule has 0 unspecified atom stereocenters. The van der Waals surface area contributed by atoms with Gasteiger partial charge in [0.05, 0.1) is 23.9 Å². The van der Waals surface area contributed by atoms with Crippen LogP contribution in [-0.2, 0) is 16.1 Å². The Bertz CT molecular complexity index is 1070. The number of halogens is 1. The maximum Gasteiger partial charge on any atom is 0.322 e. The summed E-state index contributed by atoms with van der Waals surface area (Å²) in [7, 11) is 1.62. The Labute approximate surface area is 185 Å². The van der Waals surface area contributed by atoms with Gasteiger partial charge in [0.2, 0.25) is 5.91 Å². The van der Waals surface area contributed by atoms with Crippen LogP contribution in [0, 0.1) is 0 Å². The summed E-state index contributed by atoms with van der Waals surface area (Å²) in [4.78, 5) is 41.6. The second-order valence-electron chi connectivity index (χ2n) is 7.64. The van der Waals surface area contributed by atoms with Crippen molar-refractivity contribution in [1.29, 1.82) is 0 Å². The molecule has 0 saturated heterocycles. The minimum absolute atomic E-state index is 0.180. The van der Waals surface area contributed by atoms with E-state index in [0.29, 0.717) is 28.4 Å². The molecule has 2 aliphatic rings. The lowest BCUT2D eigenvalue weighted by molar-refractivity contribution is -0.135. The lowest BCUT2D eigenvalue weighted by Crippen LogP contribution is -2.46. The number of benzene rings is 2. The van der Waals surface area contributed by atoms with Crippen LogP contribution >= 0.6 is 11.6 Å². The summed E-state index contributed by atoms with van der Waals surface area (Å²) < 4.78 is 0. The fourth-order valence-corrected chi connectivity index (χ4v) is 4.16. The summed E-state index contributed by atoms with van der Waals surface area (Å²) in [6.07, 6.45) is 0. The first-order valence-electron chi connectivity index (χ1n) is 10.0. The first-order valence-corrected chi connectivity index (χ1v) is 10.4. The van der Waals surface area contributed by atoms with Crippen LogP contribution in [-0.4, -0.2) is 47.3 Å². The van der Waals surface area contributed by atoms with E-state index in [1.165, 1.54) is 9.80 Å². The van der Waals surface area contributed by atoms with Crippen molar-refractivity contribution >= 4 is 29.4 Å². The van der Waals surface area contributed by atoms with Gasteiger partial charge in [0.1, 0.15) is 6.04 Å². The Morgan fingerprint density at radius 3 is 2.55 bits per heavy atom. The molecule has 0 aromatic heterocycles. The van der Waals surface area contributed by atoms with Crippen LogP contribution in [0.3, 0.4) is 0 Å². The molecule has 2 aliphatic heterocycles. The number of amides is 4. The summed E-state index contributed by atoms with van der Waals surface area (Å²) >= 11 is 6.35. The van der Waals surface area contributed by atoms with Crippen LogP contribution in [0.1, 0.15) is 24.1 Å². The maximum absolute atomic E-state index is 13.4. The Morgan fingerprint density at radius 2 is 1.84 bits per heavy atom. The third-order valence-electron chi connectivity index (χ3n) is 5.76. The highest BCUT2D eigenvalue weighted by atomic mass is 35.5. The molecule has 2 aromatic rings. The first kappa shape index (κ1) is 20.9. The van der Waals surface area contributed by atoms with Gasteiger partial charge in [-0.15, -0.1) is 0 Å². The second kappa shape index (κ2) is 8.43. The zero-order valence-corrected chi connectivity index (χ0v) is 18.0. The first-order chi connectivity index (χ1) is 14.9. The average Bonchev–Trinajstić information content (AvgIpc) is 3.12. The lowest BCUT2D eigenvalue weighted by atomic mass is 9.95. The van der Waals surface area contributed by atoms with E-state index in [1.807, 2.05) is 36.4 Å². The molecule has 2 N–H and O–H groups in total. The van der Waals surface area contributed by atoms with Gasteiger partial charge in [0, 0.05) is 18.6 Å². The number of nitrogens with zero attached hydrogens (tertiary/aromatic N) is 2. The summed E-state index contributed by atoms with van der Waals surface area (Å²) in [5, 5.41) is 6.20. The van der Waals surface area contributed by atoms with Gasteiger partial charge in [0.25, 0.3) is 5.91 Å². The monoisotopic (exact) mass is 438 g/mol. The number of carbonyl (C=O) groups is 3. The molecule has 0 spiro atoms. The molecule has 160 valence electrons. The van der Waals surface area contributed by atoms with Crippen LogP contribution in [0.2, 0.25) is 5.02 Å². The van der Waals surface area contributed by atoms with E-state index < -0.39 is 12.1 Å². The Balaban J connectivity index is 1.55. The molecule has 2 aromatic carbocycles. The lowest BCUT2D eigenvalue weighted by Gasteiger charge is -2.31. The zero-order chi connectivity index (χ0) is 22.1. The molecule has 4 rings (SSSR count). The van der Waals surface area contributed by atoms with E-state index >= 15 is 0 Å². The summed E-state index contributed by atoms with van der Waals surface area (Å²) in [6, 6.07) is 15.0. The molecular weight excluding hydrogens is 416 g/mol. The van der Waals surface area contributed by atoms with Gasteiger partial charge in [-0.3, -0.25) is 14.5 Å². The molecule has 7 nitrogen and oxygen atoms in total. The highest BCUT2D eigenvalue weighted by Gasteiger charge is 2.45. The van der Waals surface area contributed by atoms with Gasteiger partial charge in [-0.05, 0) is 24.1 Å². The van der Waals surface area contributed by atoms with Gasteiger partial charge in [-0.1, -0.05) is 60.1 Å². The van der Waals surface area contributed by atoms with E-state index in [0.717, 1.165) is 5.56 Å². The smallest absolute Gasteiger partial charge is 0.322 e. The Kier molecular flexibility index (Phi) is 5.69. The van der Waals surface area contributed by atoms with Gasteiger partial charge in [0.15, 0.2) is 0 Å². The summed E-state index contributed by atoms with van der Waals surface area (Å²) in [5.74, 6) is -0.539. The number of urea groups is 1. The minimum atomic E-state index is -0.697. The number of hydrogen-bond acceptors (Lipinski definition) is 3. The highest BCUT2D eigenvalue weighted by molar-refractivity contribution is 6.31. The normalized spacial score (nSPS) is 19.3. The fourth-order valence-electron chi connectivity index (χ4n) is 3.92. The van der Waals surface area contributed by atoms with Crippen molar-refractivity contribution in [2.24, 2.45) is 0 Å². The van der Waals surface area contributed by atoms with E-state index in [1.54, 1.807) is 32.2 Å². The molecule has 0 radical (unpaired) electrons. The number of rotatable bonds is 5. The third-order valence-corrected chi connectivity index (χ3v) is 6.11. The molecule has 8 heteroatoms. The van der Waals surface area contributed by atoms with Crippen molar-refractivity contribution in [2.75, 3.05) is 13.6 Å². The SMILES string of the molecule is C[C@H](C(=O)NCc1ccccc1)N1CC2=C(C1=O)[C@@H](c1ccccc1Cl)NC(=O)N2C. The van der Waals surface area contributed by atoms with Crippen molar-refractivity contribution in [3.8, 4) is 0 Å². The Hall–Kier alpha value is -3.32. The van der Waals surface area contributed by atoms with Crippen LogP contribution in [0.25, 0.3) is 0 Å². The van der Waals surface area contributed by atoms with Crippen LogP contribution in [0.4, 0.5) is 4.79 Å². The quantitative estimate of drug-likeness (QED) is 0.753.